The molecule has 0 fully saturated rings. The Labute approximate surface area is 160 Å². The maximum absolute atomic E-state index is 12.4. The van der Waals surface area contributed by atoms with Crippen LogP contribution in [0.1, 0.15) is 12.5 Å². The van der Waals surface area contributed by atoms with Crippen LogP contribution in [0, 0.1) is 6.92 Å². The van der Waals surface area contributed by atoms with Gasteiger partial charge in [-0.3, -0.25) is 4.79 Å². The number of hydrogen-bond donors (Lipinski definition) is 2. The van der Waals surface area contributed by atoms with E-state index in [4.69, 9.17) is 17.4 Å². The van der Waals surface area contributed by atoms with Crippen molar-refractivity contribution in [3.05, 3.63) is 59.1 Å². The monoisotopic (exact) mass is 387 g/mol. The van der Waals surface area contributed by atoms with E-state index in [9.17, 15) is 4.79 Å². The van der Waals surface area contributed by atoms with Gasteiger partial charge in [-0.1, -0.05) is 59.8 Å². The summed E-state index contributed by atoms with van der Waals surface area (Å²) < 4.78 is 1.41. The van der Waals surface area contributed by atoms with Crippen LogP contribution in [0.4, 0.5) is 5.69 Å². The Bertz CT molecular complexity index is 943. The molecule has 134 valence electrons. The molecule has 0 unspecified atom stereocenters. The van der Waals surface area contributed by atoms with E-state index in [2.05, 4.69) is 15.5 Å². The smallest absolute Gasteiger partial charge is 0.237 e. The molecule has 8 heteroatoms. The first-order valence-corrected chi connectivity index (χ1v) is 9.21. The van der Waals surface area contributed by atoms with E-state index in [0.29, 0.717) is 21.7 Å². The maximum atomic E-state index is 12.4. The molecule has 1 aromatic heterocycles. The third kappa shape index (κ3) is 3.84. The first-order chi connectivity index (χ1) is 12.5. The molecule has 0 aliphatic heterocycles. The molecule has 1 atom stereocenters. The number of thioether (sulfide) groups is 1. The van der Waals surface area contributed by atoms with Gasteiger partial charge in [0.1, 0.15) is 0 Å². The Balaban J connectivity index is 1.74. The molecule has 1 amide bonds. The number of para-hydroxylation sites is 1. The van der Waals surface area contributed by atoms with Crippen molar-refractivity contribution in [2.45, 2.75) is 24.3 Å². The quantitative estimate of drug-likeness (QED) is 0.514. The Hall–Kier alpha value is -2.51. The van der Waals surface area contributed by atoms with Crippen LogP contribution < -0.4 is 11.2 Å². The maximum Gasteiger partial charge on any atom is 0.237 e. The lowest BCUT2D eigenvalue weighted by atomic mass is 10.1. The molecule has 3 N–H and O–H groups in total. The summed E-state index contributed by atoms with van der Waals surface area (Å²) in [4.78, 5) is 12.4. The normalized spacial score (nSPS) is 12.0. The van der Waals surface area contributed by atoms with E-state index in [1.54, 1.807) is 25.1 Å². The topological polar surface area (TPSA) is 85.8 Å². The zero-order chi connectivity index (χ0) is 18.7. The number of nitrogens with one attached hydrogen (secondary N) is 1. The zero-order valence-corrected chi connectivity index (χ0v) is 15.9. The summed E-state index contributed by atoms with van der Waals surface area (Å²) >= 11 is 7.31. The first-order valence-electron chi connectivity index (χ1n) is 7.96. The summed E-state index contributed by atoms with van der Waals surface area (Å²) in [6.45, 7) is 3.76. The van der Waals surface area contributed by atoms with Gasteiger partial charge in [0.25, 0.3) is 0 Å². The van der Waals surface area contributed by atoms with E-state index in [1.165, 1.54) is 16.4 Å². The Morgan fingerprint density at radius 3 is 2.62 bits per heavy atom. The van der Waals surface area contributed by atoms with Gasteiger partial charge in [-0.05, 0) is 31.5 Å². The third-order valence-corrected chi connectivity index (χ3v) is 5.22. The molecule has 26 heavy (non-hydrogen) atoms. The predicted octanol–water partition coefficient (Wildman–Crippen LogP) is 3.74. The number of benzene rings is 2. The summed E-state index contributed by atoms with van der Waals surface area (Å²) in [5.74, 6) is 6.52. The fourth-order valence-electron chi connectivity index (χ4n) is 2.37. The highest BCUT2D eigenvalue weighted by Gasteiger charge is 2.21. The van der Waals surface area contributed by atoms with Crippen LogP contribution >= 0.6 is 23.4 Å². The van der Waals surface area contributed by atoms with Gasteiger partial charge < -0.3 is 11.2 Å². The summed E-state index contributed by atoms with van der Waals surface area (Å²) in [5.41, 5.74) is 2.52. The number of nitrogens with zero attached hydrogens (tertiary/aromatic N) is 3. The number of amides is 1. The molecule has 0 aliphatic carbocycles. The van der Waals surface area contributed by atoms with Gasteiger partial charge in [0.2, 0.25) is 11.1 Å². The lowest BCUT2D eigenvalue weighted by Crippen LogP contribution is -2.23. The van der Waals surface area contributed by atoms with Crippen molar-refractivity contribution >= 4 is 35.0 Å². The summed E-state index contributed by atoms with van der Waals surface area (Å²) in [6.07, 6.45) is 0. The van der Waals surface area contributed by atoms with Crippen molar-refractivity contribution < 1.29 is 4.79 Å². The number of rotatable bonds is 5. The van der Waals surface area contributed by atoms with Crippen molar-refractivity contribution in [2.24, 2.45) is 0 Å². The fourth-order valence-corrected chi connectivity index (χ4v) is 3.33. The van der Waals surface area contributed by atoms with Gasteiger partial charge in [0.05, 0.1) is 16.0 Å². The Kier molecular flexibility index (Phi) is 5.49. The molecule has 0 saturated heterocycles. The van der Waals surface area contributed by atoms with Crippen molar-refractivity contribution in [1.29, 1.82) is 0 Å². The molecule has 0 radical (unpaired) electrons. The van der Waals surface area contributed by atoms with Gasteiger partial charge in [-0.2, -0.15) is 0 Å². The number of aryl methyl sites for hydroxylation is 1. The molecular weight excluding hydrogens is 370 g/mol. The van der Waals surface area contributed by atoms with Crippen LogP contribution in [0.15, 0.2) is 53.7 Å². The molecule has 2 aromatic carbocycles. The summed E-state index contributed by atoms with van der Waals surface area (Å²) in [7, 11) is 0. The fraction of sp³-hybridized carbons (Fsp3) is 0.167. The average Bonchev–Trinajstić information content (AvgIpc) is 2.98. The van der Waals surface area contributed by atoms with Crippen molar-refractivity contribution in [2.75, 3.05) is 11.2 Å². The molecule has 0 aliphatic rings. The van der Waals surface area contributed by atoms with Gasteiger partial charge in [0, 0.05) is 5.56 Å². The van der Waals surface area contributed by atoms with E-state index >= 15 is 0 Å². The molecule has 0 spiro atoms. The van der Waals surface area contributed by atoms with Crippen molar-refractivity contribution in [1.82, 2.24) is 14.9 Å². The number of halogens is 1. The van der Waals surface area contributed by atoms with E-state index < -0.39 is 5.25 Å². The first kappa shape index (κ1) is 18.3. The van der Waals surface area contributed by atoms with Gasteiger partial charge in [-0.25, -0.2) is 4.68 Å². The standard InChI is InChI=1S/C18H18ClN5OS/c1-11-7-3-4-8-13(11)16-22-23-18(24(16)20)26-12(2)17(25)21-15-10-6-5-9-14(15)19/h3-10,12H,20H2,1-2H3,(H,21,25)/t12-/m1/s1. The van der Waals surface area contributed by atoms with E-state index in [0.717, 1.165) is 11.1 Å². The number of nitrogens with two attached hydrogens (primary N) is 1. The molecule has 0 saturated carbocycles. The number of carbonyl (C=O) groups excluding carboxylic acids is 1. The van der Waals surface area contributed by atoms with E-state index in [-0.39, 0.29) is 5.91 Å². The number of anilines is 1. The van der Waals surface area contributed by atoms with Crippen LogP contribution in [-0.2, 0) is 4.79 Å². The largest absolute Gasteiger partial charge is 0.335 e. The molecule has 3 aromatic rings. The van der Waals surface area contributed by atoms with Gasteiger partial charge >= 0.3 is 0 Å². The highest BCUT2D eigenvalue weighted by Crippen LogP contribution is 2.27. The number of hydrogen-bond acceptors (Lipinski definition) is 5. The predicted molar refractivity (Wildman–Crippen MR) is 106 cm³/mol. The van der Waals surface area contributed by atoms with Crippen molar-refractivity contribution in [3.63, 3.8) is 0 Å². The minimum atomic E-state index is -0.428. The van der Waals surface area contributed by atoms with Gasteiger partial charge in [0.15, 0.2) is 5.82 Å². The average molecular weight is 388 g/mol. The molecule has 0 bridgehead atoms. The lowest BCUT2D eigenvalue weighted by molar-refractivity contribution is -0.115. The second-order valence-corrected chi connectivity index (χ2v) is 7.44. The van der Waals surface area contributed by atoms with E-state index in [1.807, 2.05) is 37.3 Å². The lowest BCUT2D eigenvalue weighted by Gasteiger charge is -2.12. The minimum Gasteiger partial charge on any atom is -0.335 e. The number of nitrogen functional groups attached to an aromatic ring is 1. The minimum absolute atomic E-state index is 0.191. The molecule has 3 rings (SSSR count). The van der Waals surface area contributed by atoms with Gasteiger partial charge in [-0.15, -0.1) is 10.2 Å². The third-order valence-electron chi connectivity index (χ3n) is 3.83. The zero-order valence-electron chi connectivity index (χ0n) is 14.3. The second kappa shape index (κ2) is 7.80. The van der Waals surface area contributed by atoms with Crippen molar-refractivity contribution in [3.8, 4) is 11.4 Å². The van der Waals surface area contributed by atoms with Crippen LogP contribution in [-0.4, -0.2) is 26.0 Å². The number of aromatic nitrogens is 3. The summed E-state index contributed by atoms with van der Waals surface area (Å²) in [6, 6.07) is 14.9. The number of carbonyl (C=O) groups is 1. The highest BCUT2D eigenvalue weighted by atomic mass is 35.5. The Morgan fingerprint density at radius 2 is 1.88 bits per heavy atom. The Morgan fingerprint density at radius 1 is 1.19 bits per heavy atom. The molecular formula is C18H18ClN5OS. The molecule has 6 nitrogen and oxygen atoms in total. The van der Waals surface area contributed by atoms with Crippen LogP contribution in [0.2, 0.25) is 5.02 Å². The summed E-state index contributed by atoms with van der Waals surface area (Å²) in [5, 5.41) is 11.6. The second-order valence-electron chi connectivity index (χ2n) is 5.72. The SMILES string of the molecule is Cc1ccccc1-c1nnc(S[C@H](C)C(=O)Nc2ccccc2Cl)n1N. The molecule has 1 heterocycles. The van der Waals surface area contributed by atoms with Crippen LogP contribution in [0.25, 0.3) is 11.4 Å². The van der Waals surface area contributed by atoms with Crippen LogP contribution in [0.3, 0.4) is 0 Å². The van der Waals surface area contributed by atoms with Crippen LogP contribution in [0.5, 0.6) is 0 Å². The highest BCUT2D eigenvalue weighted by molar-refractivity contribution is 8.00.